The van der Waals surface area contributed by atoms with Gasteiger partial charge in [0.2, 0.25) is 0 Å². The van der Waals surface area contributed by atoms with E-state index in [1.807, 2.05) is 31.2 Å². The van der Waals surface area contributed by atoms with Gasteiger partial charge in [-0.2, -0.15) is 0 Å². The molecule has 1 atom stereocenters. The topological polar surface area (TPSA) is 38.0 Å². The third-order valence-corrected chi connectivity index (χ3v) is 5.49. The minimum atomic E-state index is -0.191. The molecule has 4 heteroatoms. The molecule has 0 amide bonds. The summed E-state index contributed by atoms with van der Waals surface area (Å²) in [7, 11) is 0. The van der Waals surface area contributed by atoms with Crippen molar-refractivity contribution in [1.29, 1.82) is 0 Å². The van der Waals surface area contributed by atoms with Crippen LogP contribution in [-0.2, 0) is 0 Å². The van der Waals surface area contributed by atoms with Crippen LogP contribution < -0.4 is 11.1 Å². The SMILES string of the molecule is C=C/C=C(\C=C/C)NCCC(CCN)C(C)(C)Sc1cccc(F)c1. The summed E-state index contributed by atoms with van der Waals surface area (Å²) in [6.07, 6.45) is 9.73. The Morgan fingerprint density at radius 2 is 2.16 bits per heavy atom. The normalized spacial score (nSPS) is 13.9. The van der Waals surface area contributed by atoms with E-state index in [2.05, 4.69) is 25.7 Å². The number of thioether (sulfide) groups is 1. The van der Waals surface area contributed by atoms with E-state index in [1.54, 1.807) is 30.0 Å². The van der Waals surface area contributed by atoms with E-state index < -0.39 is 0 Å². The lowest BCUT2D eigenvalue weighted by molar-refractivity contribution is 0.371. The van der Waals surface area contributed by atoms with Crippen molar-refractivity contribution in [2.75, 3.05) is 13.1 Å². The molecule has 0 bridgehead atoms. The first-order valence-electron chi connectivity index (χ1n) is 8.77. The Morgan fingerprint density at radius 1 is 1.40 bits per heavy atom. The van der Waals surface area contributed by atoms with E-state index >= 15 is 0 Å². The van der Waals surface area contributed by atoms with Crippen LogP contribution >= 0.6 is 11.8 Å². The van der Waals surface area contributed by atoms with Gasteiger partial charge in [-0.15, -0.1) is 11.8 Å². The molecule has 1 rings (SSSR count). The highest BCUT2D eigenvalue weighted by molar-refractivity contribution is 8.00. The number of allylic oxidation sites excluding steroid dienone is 4. The van der Waals surface area contributed by atoms with Crippen LogP contribution in [0.1, 0.15) is 33.6 Å². The Morgan fingerprint density at radius 3 is 2.76 bits per heavy atom. The van der Waals surface area contributed by atoms with Gasteiger partial charge in [0.1, 0.15) is 5.82 Å². The minimum absolute atomic E-state index is 0.0300. The zero-order valence-electron chi connectivity index (χ0n) is 15.6. The average Bonchev–Trinajstić information content (AvgIpc) is 2.54. The van der Waals surface area contributed by atoms with Crippen LogP contribution in [0.15, 0.2) is 65.7 Å². The second-order valence-electron chi connectivity index (χ2n) is 6.51. The molecule has 2 nitrogen and oxygen atoms in total. The van der Waals surface area contributed by atoms with Gasteiger partial charge in [0.15, 0.2) is 0 Å². The van der Waals surface area contributed by atoms with E-state index in [4.69, 9.17) is 5.73 Å². The molecule has 1 unspecified atom stereocenters. The average molecular weight is 363 g/mol. The predicted molar refractivity (Wildman–Crippen MR) is 109 cm³/mol. The summed E-state index contributed by atoms with van der Waals surface area (Å²) in [5.74, 6) is 0.234. The number of benzene rings is 1. The van der Waals surface area contributed by atoms with Crippen LogP contribution in [0.5, 0.6) is 0 Å². The number of hydrogen-bond acceptors (Lipinski definition) is 3. The molecule has 0 aliphatic carbocycles. The maximum absolute atomic E-state index is 13.5. The maximum atomic E-state index is 13.5. The van der Waals surface area contributed by atoms with Crippen molar-refractivity contribution in [3.63, 3.8) is 0 Å². The van der Waals surface area contributed by atoms with Gasteiger partial charge in [0.05, 0.1) is 0 Å². The van der Waals surface area contributed by atoms with E-state index in [1.165, 1.54) is 6.07 Å². The monoisotopic (exact) mass is 362 g/mol. The molecular weight excluding hydrogens is 331 g/mol. The van der Waals surface area contributed by atoms with Crippen LogP contribution in [0.25, 0.3) is 0 Å². The lowest BCUT2D eigenvalue weighted by Crippen LogP contribution is -2.32. The molecule has 0 aromatic heterocycles. The van der Waals surface area contributed by atoms with Crippen LogP contribution in [0.4, 0.5) is 4.39 Å². The highest BCUT2D eigenvalue weighted by Crippen LogP contribution is 2.41. The lowest BCUT2D eigenvalue weighted by atomic mass is 9.88. The molecule has 1 aromatic rings. The molecule has 0 heterocycles. The maximum Gasteiger partial charge on any atom is 0.124 e. The van der Waals surface area contributed by atoms with E-state index in [0.717, 1.165) is 30.0 Å². The van der Waals surface area contributed by atoms with Gasteiger partial charge in [-0.05, 0) is 62.6 Å². The molecule has 0 fully saturated rings. The number of nitrogens with one attached hydrogen (secondary N) is 1. The Kier molecular flexibility index (Phi) is 9.61. The first-order valence-corrected chi connectivity index (χ1v) is 9.58. The summed E-state index contributed by atoms with van der Waals surface area (Å²) in [5, 5.41) is 3.45. The molecule has 1 aromatic carbocycles. The summed E-state index contributed by atoms with van der Waals surface area (Å²) in [4.78, 5) is 0.959. The first-order chi connectivity index (χ1) is 11.9. The standard InChI is InChI=1S/C21H31FN2S/c1-5-8-19(9-6-2)24-15-13-17(12-14-23)21(3,4)25-20-11-7-10-18(22)16-20/h5-11,16-17,24H,1,12-15,23H2,2-4H3/b9-6-,19-8+. The number of hydrogen-bond donors (Lipinski definition) is 2. The molecule has 25 heavy (non-hydrogen) atoms. The molecule has 0 spiro atoms. The third kappa shape index (κ3) is 7.93. The Balaban J connectivity index is 2.73. The smallest absolute Gasteiger partial charge is 0.124 e. The minimum Gasteiger partial charge on any atom is -0.385 e. The zero-order valence-corrected chi connectivity index (χ0v) is 16.4. The van der Waals surface area contributed by atoms with Gasteiger partial charge >= 0.3 is 0 Å². The van der Waals surface area contributed by atoms with Crippen LogP contribution in [0.2, 0.25) is 0 Å². The fourth-order valence-corrected chi connectivity index (χ4v) is 4.16. The summed E-state index contributed by atoms with van der Waals surface area (Å²) < 4.78 is 13.4. The second kappa shape index (κ2) is 11.2. The molecular formula is C21H31FN2S. The number of halogens is 1. The number of nitrogens with two attached hydrogens (primary N) is 1. The first kappa shape index (κ1) is 21.5. The number of rotatable bonds is 11. The highest BCUT2D eigenvalue weighted by Gasteiger charge is 2.29. The van der Waals surface area contributed by atoms with Crippen molar-refractivity contribution in [3.8, 4) is 0 Å². The third-order valence-electron chi connectivity index (χ3n) is 4.14. The van der Waals surface area contributed by atoms with E-state index in [9.17, 15) is 4.39 Å². The summed E-state index contributed by atoms with van der Waals surface area (Å²) >= 11 is 1.72. The van der Waals surface area contributed by atoms with Crippen molar-refractivity contribution in [1.82, 2.24) is 5.32 Å². The fraction of sp³-hybridized carbons (Fsp3) is 0.429. The van der Waals surface area contributed by atoms with E-state index in [0.29, 0.717) is 12.5 Å². The highest BCUT2D eigenvalue weighted by atomic mass is 32.2. The van der Waals surface area contributed by atoms with Crippen molar-refractivity contribution in [3.05, 3.63) is 66.7 Å². The van der Waals surface area contributed by atoms with Crippen LogP contribution in [0.3, 0.4) is 0 Å². The molecule has 0 aliphatic rings. The molecule has 3 N–H and O–H groups in total. The summed E-state index contributed by atoms with van der Waals surface area (Å²) in [6.45, 7) is 11.7. The van der Waals surface area contributed by atoms with Crippen molar-refractivity contribution in [2.45, 2.75) is 43.3 Å². The molecule has 0 saturated carbocycles. The molecule has 0 aliphatic heterocycles. The Bertz CT molecular complexity index is 593. The zero-order chi connectivity index (χ0) is 18.7. The fourth-order valence-electron chi connectivity index (χ4n) is 2.83. The second-order valence-corrected chi connectivity index (χ2v) is 8.24. The van der Waals surface area contributed by atoms with Gasteiger partial charge in [0.25, 0.3) is 0 Å². The predicted octanol–water partition coefficient (Wildman–Crippen LogP) is 5.29. The lowest BCUT2D eigenvalue weighted by Gasteiger charge is -2.34. The molecule has 138 valence electrons. The van der Waals surface area contributed by atoms with Crippen LogP contribution in [-0.4, -0.2) is 17.8 Å². The molecule has 0 saturated heterocycles. The quantitative estimate of drug-likeness (QED) is 0.415. The summed E-state index contributed by atoms with van der Waals surface area (Å²) in [6, 6.07) is 6.80. The van der Waals surface area contributed by atoms with Gasteiger partial charge in [-0.1, -0.05) is 38.6 Å². The Labute approximate surface area is 156 Å². The van der Waals surface area contributed by atoms with Crippen molar-refractivity contribution >= 4 is 11.8 Å². The van der Waals surface area contributed by atoms with Crippen molar-refractivity contribution < 1.29 is 4.39 Å². The van der Waals surface area contributed by atoms with Gasteiger partial charge in [-0.3, -0.25) is 0 Å². The largest absolute Gasteiger partial charge is 0.385 e. The van der Waals surface area contributed by atoms with Gasteiger partial charge in [-0.25, -0.2) is 4.39 Å². The summed E-state index contributed by atoms with van der Waals surface area (Å²) in [5.41, 5.74) is 6.90. The van der Waals surface area contributed by atoms with Gasteiger partial charge in [0, 0.05) is 21.9 Å². The van der Waals surface area contributed by atoms with Crippen molar-refractivity contribution in [2.24, 2.45) is 11.7 Å². The van der Waals surface area contributed by atoms with Crippen LogP contribution in [0, 0.1) is 11.7 Å². The van der Waals surface area contributed by atoms with E-state index in [-0.39, 0.29) is 10.6 Å². The van der Waals surface area contributed by atoms with Gasteiger partial charge < -0.3 is 11.1 Å². The molecule has 0 radical (unpaired) electrons. The Hall–Kier alpha value is -1.52.